The monoisotopic (exact) mass is 104 g/mol. The molecule has 1 rings (SSSR count). The zero-order valence-electron chi connectivity index (χ0n) is 3.68. The summed E-state index contributed by atoms with van der Waals surface area (Å²) in [6, 6.07) is 0. The van der Waals surface area contributed by atoms with E-state index >= 15 is 0 Å². The highest BCUT2D eigenvalue weighted by Gasteiger charge is 2.15. The molecular weight excluding hydrogens is 98.0 g/mol. The molecule has 0 bridgehead atoms. The second kappa shape index (κ2) is 2.23. The standard InChI is InChI=1S/C3H6NO3/c5-7-3-4-1-2-6-3/h4-5H,1-2H2. The van der Waals surface area contributed by atoms with Gasteiger partial charge in [-0.1, -0.05) is 0 Å². The van der Waals surface area contributed by atoms with Crippen LogP contribution in [0, 0.1) is 6.41 Å². The highest BCUT2D eigenvalue weighted by molar-refractivity contribution is 4.66. The van der Waals surface area contributed by atoms with E-state index in [0.29, 0.717) is 13.2 Å². The summed E-state index contributed by atoms with van der Waals surface area (Å²) >= 11 is 0. The van der Waals surface area contributed by atoms with E-state index in [-0.39, 0.29) is 6.41 Å². The normalized spacial score (nSPS) is 23.6. The lowest BCUT2D eigenvalue weighted by atomic mass is 10.7. The molecule has 0 aromatic rings. The van der Waals surface area contributed by atoms with Gasteiger partial charge in [0.15, 0.2) is 0 Å². The molecule has 0 spiro atoms. The van der Waals surface area contributed by atoms with E-state index in [2.05, 4.69) is 14.9 Å². The van der Waals surface area contributed by atoms with Gasteiger partial charge >= 0.3 is 6.41 Å². The van der Waals surface area contributed by atoms with E-state index in [1.807, 2.05) is 0 Å². The van der Waals surface area contributed by atoms with Crippen LogP contribution in [0.4, 0.5) is 0 Å². The summed E-state index contributed by atoms with van der Waals surface area (Å²) in [5, 5.41) is 10.5. The fraction of sp³-hybridized carbons (Fsp3) is 0.667. The summed E-state index contributed by atoms with van der Waals surface area (Å²) in [7, 11) is 0. The third kappa shape index (κ3) is 1.10. The molecule has 4 heteroatoms. The van der Waals surface area contributed by atoms with Crippen molar-refractivity contribution in [2.75, 3.05) is 13.2 Å². The first-order valence-electron chi connectivity index (χ1n) is 1.98. The molecule has 1 saturated heterocycles. The summed E-state index contributed by atoms with van der Waals surface area (Å²) < 4.78 is 4.64. The molecule has 0 atom stereocenters. The summed E-state index contributed by atoms with van der Waals surface area (Å²) in [5.74, 6) is 0. The molecule has 0 amide bonds. The van der Waals surface area contributed by atoms with Crippen LogP contribution in [-0.4, -0.2) is 18.4 Å². The Morgan fingerprint density at radius 3 is 3.00 bits per heavy atom. The first kappa shape index (κ1) is 4.99. The van der Waals surface area contributed by atoms with Crippen LogP contribution in [0.2, 0.25) is 0 Å². The second-order valence-corrected chi connectivity index (χ2v) is 1.15. The predicted octanol–water partition coefficient (Wildman–Crippen LogP) is -0.457. The van der Waals surface area contributed by atoms with Crippen LogP contribution in [0.3, 0.4) is 0 Å². The van der Waals surface area contributed by atoms with Crippen molar-refractivity contribution in [3.8, 4) is 0 Å². The van der Waals surface area contributed by atoms with Crippen molar-refractivity contribution in [3.63, 3.8) is 0 Å². The zero-order valence-corrected chi connectivity index (χ0v) is 3.68. The van der Waals surface area contributed by atoms with Crippen LogP contribution in [-0.2, 0) is 9.62 Å². The first-order chi connectivity index (χ1) is 3.43. The van der Waals surface area contributed by atoms with Crippen LogP contribution < -0.4 is 5.32 Å². The van der Waals surface area contributed by atoms with Crippen molar-refractivity contribution < 1.29 is 14.9 Å². The molecule has 4 nitrogen and oxygen atoms in total. The number of rotatable bonds is 1. The predicted molar refractivity (Wildman–Crippen MR) is 20.9 cm³/mol. The maximum absolute atomic E-state index is 7.84. The zero-order chi connectivity index (χ0) is 5.11. The minimum absolute atomic E-state index is 0.0972. The van der Waals surface area contributed by atoms with E-state index in [4.69, 9.17) is 5.26 Å². The van der Waals surface area contributed by atoms with Gasteiger partial charge in [0, 0.05) is 6.54 Å². The molecule has 1 radical (unpaired) electrons. The molecule has 1 aliphatic rings. The SMILES string of the molecule is OO[C]1NCCO1. The summed E-state index contributed by atoms with van der Waals surface area (Å²) in [4.78, 5) is 3.69. The van der Waals surface area contributed by atoms with E-state index in [0.717, 1.165) is 0 Å². The molecule has 1 aliphatic heterocycles. The number of nitrogens with one attached hydrogen (secondary N) is 1. The molecule has 0 aromatic carbocycles. The maximum atomic E-state index is 7.84. The minimum Gasteiger partial charge on any atom is -0.329 e. The molecule has 0 aromatic heterocycles. The Hall–Kier alpha value is -0.160. The third-order valence-corrected chi connectivity index (χ3v) is 0.687. The van der Waals surface area contributed by atoms with Gasteiger partial charge in [0.25, 0.3) is 0 Å². The van der Waals surface area contributed by atoms with Crippen molar-refractivity contribution in [2.45, 2.75) is 0 Å². The van der Waals surface area contributed by atoms with E-state index in [1.54, 1.807) is 0 Å². The molecule has 1 heterocycles. The molecule has 41 valence electrons. The highest BCUT2D eigenvalue weighted by Crippen LogP contribution is 2.01. The number of hydrogen-bond acceptors (Lipinski definition) is 4. The molecule has 1 fully saturated rings. The van der Waals surface area contributed by atoms with Gasteiger partial charge in [0.1, 0.15) is 0 Å². The van der Waals surface area contributed by atoms with Crippen LogP contribution >= 0.6 is 0 Å². The van der Waals surface area contributed by atoms with Crippen LogP contribution in [0.25, 0.3) is 0 Å². The second-order valence-electron chi connectivity index (χ2n) is 1.15. The maximum Gasteiger partial charge on any atom is 0.331 e. The van der Waals surface area contributed by atoms with Gasteiger partial charge in [-0.25, -0.2) is 5.26 Å². The Balaban J connectivity index is 2.14. The number of hydrogen-bond donors (Lipinski definition) is 2. The van der Waals surface area contributed by atoms with Gasteiger partial charge in [0.05, 0.1) is 6.61 Å². The molecule has 2 N–H and O–H groups in total. The van der Waals surface area contributed by atoms with E-state index < -0.39 is 0 Å². The smallest absolute Gasteiger partial charge is 0.329 e. The summed E-state index contributed by atoms with van der Waals surface area (Å²) in [6.45, 7) is 1.27. The van der Waals surface area contributed by atoms with Gasteiger partial charge in [-0.3, -0.25) is 5.32 Å². The van der Waals surface area contributed by atoms with Crippen molar-refractivity contribution in [2.24, 2.45) is 0 Å². The van der Waals surface area contributed by atoms with Crippen molar-refractivity contribution in [1.29, 1.82) is 0 Å². The average molecular weight is 104 g/mol. The van der Waals surface area contributed by atoms with Crippen molar-refractivity contribution in [3.05, 3.63) is 6.41 Å². The van der Waals surface area contributed by atoms with Crippen molar-refractivity contribution in [1.82, 2.24) is 5.32 Å². The van der Waals surface area contributed by atoms with E-state index in [1.165, 1.54) is 0 Å². The molecule has 0 saturated carbocycles. The lowest BCUT2D eigenvalue weighted by molar-refractivity contribution is -0.283. The van der Waals surface area contributed by atoms with Gasteiger partial charge in [-0.05, 0) is 0 Å². The summed E-state index contributed by atoms with van der Waals surface area (Å²) in [5.41, 5.74) is 0. The van der Waals surface area contributed by atoms with Crippen molar-refractivity contribution >= 4 is 0 Å². The summed E-state index contributed by atoms with van der Waals surface area (Å²) in [6.07, 6.45) is 0.0972. The van der Waals surface area contributed by atoms with Gasteiger partial charge in [-0.15, -0.1) is 0 Å². The Kier molecular flexibility index (Phi) is 1.59. The Labute approximate surface area is 41.0 Å². The van der Waals surface area contributed by atoms with Gasteiger partial charge in [-0.2, -0.15) is 4.89 Å². The molecule has 0 aliphatic carbocycles. The minimum atomic E-state index is 0.0972. The molecule has 0 unspecified atom stereocenters. The van der Waals surface area contributed by atoms with Crippen LogP contribution in [0.5, 0.6) is 0 Å². The molecular formula is C3H6NO3. The fourth-order valence-electron chi connectivity index (χ4n) is 0.406. The topological polar surface area (TPSA) is 50.7 Å². The Morgan fingerprint density at radius 2 is 2.71 bits per heavy atom. The largest absolute Gasteiger partial charge is 0.331 e. The van der Waals surface area contributed by atoms with Gasteiger partial charge in [0.2, 0.25) is 0 Å². The first-order valence-corrected chi connectivity index (χ1v) is 1.98. The lowest BCUT2D eigenvalue weighted by Gasteiger charge is -1.97. The third-order valence-electron chi connectivity index (χ3n) is 0.687. The Bertz CT molecular complexity index is 52.1. The highest BCUT2D eigenvalue weighted by atomic mass is 17.1. The van der Waals surface area contributed by atoms with Crippen LogP contribution in [0.1, 0.15) is 0 Å². The van der Waals surface area contributed by atoms with Crippen LogP contribution in [0.15, 0.2) is 0 Å². The van der Waals surface area contributed by atoms with E-state index in [9.17, 15) is 0 Å². The number of ether oxygens (including phenoxy) is 1. The lowest BCUT2D eigenvalue weighted by Crippen LogP contribution is -2.14. The van der Waals surface area contributed by atoms with Gasteiger partial charge < -0.3 is 4.74 Å². The quantitative estimate of drug-likeness (QED) is 0.349. The fourth-order valence-corrected chi connectivity index (χ4v) is 0.406. The average Bonchev–Trinajstić information content (AvgIpc) is 2.14. The molecule has 7 heavy (non-hydrogen) atoms. The Morgan fingerprint density at radius 1 is 1.86 bits per heavy atom.